The van der Waals surface area contributed by atoms with Crippen molar-refractivity contribution in [3.63, 3.8) is 0 Å². The Balaban J connectivity index is 1.64. The second-order valence-corrected chi connectivity index (χ2v) is 5.79. The highest BCUT2D eigenvalue weighted by Gasteiger charge is 2.13. The number of ether oxygens (including phenoxy) is 2. The maximum absolute atomic E-state index is 5.76. The lowest BCUT2D eigenvalue weighted by atomic mass is 10.2. The first-order valence-corrected chi connectivity index (χ1v) is 7.78. The lowest BCUT2D eigenvalue weighted by molar-refractivity contribution is 0.302. The van der Waals surface area contributed by atoms with Gasteiger partial charge in [-0.3, -0.25) is 0 Å². The van der Waals surface area contributed by atoms with Crippen molar-refractivity contribution < 1.29 is 9.47 Å². The van der Waals surface area contributed by atoms with Crippen LogP contribution in [0, 0.1) is 0 Å². The average Bonchev–Trinajstić information content (AvgIpc) is 2.93. The highest BCUT2D eigenvalue weighted by Crippen LogP contribution is 2.29. The molecule has 4 heteroatoms. The molecular formula is C15H22BrNO2. The van der Waals surface area contributed by atoms with E-state index in [1.54, 1.807) is 7.11 Å². The van der Waals surface area contributed by atoms with Gasteiger partial charge in [-0.1, -0.05) is 12.8 Å². The Labute approximate surface area is 123 Å². The molecule has 0 bridgehead atoms. The Morgan fingerprint density at radius 2 is 2.11 bits per heavy atom. The molecule has 0 radical (unpaired) electrons. The van der Waals surface area contributed by atoms with Gasteiger partial charge in [0, 0.05) is 6.04 Å². The zero-order chi connectivity index (χ0) is 13.5. The van der Waals surface area contributed by atoms with Crippen LogP contribution in [0.3, 0.4) is 0 Å². The maximum Gasteiger partial charge on any atom is 0.133 e. The Morgan fingerprint density at radius 1 is 1.32 bits per heavy atom. The van der Waals surface area contributed by atoms with E-state index in [2.05, 4.69) is 21.2 Å². The number of benzene rings is 1. The summed E-state index contributed by atoms with van der Waals surface area (Å²) in [6.07, 6.45) is 6.48. The molecule has 0 aliphatic heterocycles. The van der Waals surface area contributed by atoms with Crippen molar-refractivity contribution in [3.8, 4) is 11.5 Å². The van der Waals surface area contributed by atoms with Gasteiger partial charge in [-0.2, -0.15) is 0 Å². The van der Waals surface area contributed by atoms with Gasteiger partial charge in [-0.05, 0) is 59.9 Å². The van der Waals surface area contributed by atoms with E-state index >= 15 is 0 Å². The summed E-state index contributed by atoms with van der Waals surface area (Å²) in [6.45, 7) is 1.78. The fraction of sp³-hybridized carbons (Fsp3) is 0.600. The summed E-state index contributed by atoms with van der Waals surface area (Å²) in [7, 11) is 1.66. The van der Waals surface area contributed by atoms with Crippen LogP contribution in [0.1, 0.15) is 32.1 Å². The molecular weight excluding hydrogens is 306 g/mol. The van der Waals surface area contributed by atoms with Gasteiger partial charge in [0.2, 0.25) is 0 Å². The molecule has 2 rings (SSSR count). The van der Waals surface area contributed by atoms with Crippen LogP contribution in [-0.2, 0) is 0 Å². The van der Waals surface area contributed by atoms with Crippen molar-refractivity contribution in [2.24, 2.45) is 0 Å². The lowest BCUT2D eigenvalue weighted by Gasteiger charge is -2.12. The molecule has 0 amide bonds. The quantitative estimate of drug-likeness (QED) is 0.773. The van der Waals surface area contributed by atoms with Gasteiger partial charge in [-0.15, -0.1) is 0 Å². The van der Waals surface area contributed by atoms with Crippen LogP contribution in [-0.4, -0.2) is 26.3 Å². The van der Waals surface area contributed by atoms with Gasteiger partial charge in [0.15, 0.2) is 0 Å². The third-order valence-corrected chi connectivity index (χ3v) is 4.13. The first kappa shape index (κ1) is 14.7. The molecule has 0 spiro atoms. The molecule has 106 valence electrons. The minimum atomic E-state index is 0.741. The molecule has 1 aliphatic rings. The molecule has 19 heavy (non-hydrogen) atoms. The first-order chi connectivity index (χ1) is 9.29. The lowest BCUT2D eigenvalue weighted by Crippen LogP contribution is -2.27. The predicted octanol–water partition coefficient (Wildman–Crippen LogP) is 3.76. The first-order valence-electron chi connectivity index (χ1n) is 6.99. The summed E-state index contributed by atoms with van der Waals surface area (Å²) >= 11 is 3.49. The second kappa shape index (κ2) is 7.75. The minimum Gasteiger partial charge on any atom is -0.497 e. The predicted molar refractivity (Wildman–Crippen MR) is 81.1 cm³/mol. The van der Waals surface area contributed by atoms with E-state index in [9.17, 15) is 0 Å². The molecule has 1 aromatic rings. The number of halogens is 1. The van der Waals surface area contributed by atoms with E-state index in [0.717, 1.165) is 41.6 Å². The second-order valence-electron chi connectivity index (χ2n) is 4.93. The summed E-state index contributed by atoms with van der Waals surface area (Å²) in [6, 6.07) is 6.52. The van der Waals surface area contributed by atoms with Crippen LogP contribution in [0.15, 0.2) is 22.7 Å². The van der Waals surface area contributed by atoms with Gasteiger partial charge in [0.25, 0.3) is 0 Å². The van der Waals surface area contributed by atoms with Crippen LogP contribution < -0.4 is 14.8 Å². The van der Waals surface area contributed by atoms with Crippen molar-refractivity contribution >= 4 is 15.9 Å². The van der Waals surface area contributed by atoms with Gasteiger partial charge in [-0.25, -0.2) is 0 Å². The van der Waals surface area contributed by atoms with Crippen LogP contribution in [0.25, 0.3) is 0 Å². The highest BCUT2D eigenvalue weighted by molar-refractivity contribution is 9.10. The SMILES string of the molecule is COc1ccc(OCCCNC2CCCC2)c(Br)c1. The number of methoxy groups -OCH3 is 1. The van der Waals surface area contributed by atoms with Crippen LogP contribution >= 0.6 is 15.9 Å². The smallest absolute Gasteiger partial charge is 0.133 e. The number of rotatable bonds is 7. The molecule has 0 unspecified atom stereocenters. The Morgan fingerprint density at radius 3 is 2.79 bits per heavy atom. The molecule has 3 nitrogen and oxygen atoms in total. The minimum absolute atomic E-state index is 0.741. The van der Waals surface area contributed by atoms with E-state index in [4.69, 9.17) is 9.47 Å². The number of hydrogen-bond acceptors (Lipinski definition) is 3. The Kier molecular flexibility index (Phi) is 5.98. The molecule has 1 N–H and O–H groups in total. The van der Waals surface area contributed by atoms with Crippen LogP contribution in [0.2, 0.25) is 0 Å². The summed E-state index contributed by atoms with van der Waals surface area (Å²) in [5.41, 5.74) is 0. The standard InChI is InChI=1S/C15H22BrNO2/c1-18-13-7-8-15(14(16)11-13)19-10-4-9-17-12-5-2-3-6-12/h7-8,11-12,17H,2-6,9-10H2,1H3. The van der Waals surface area contributed by atoms with Crippen LogP contribution in [0.4, 0.5) is 0 Å². The Bertz CT molecular complexity index is 392. The van der Waals surface area contributed by atoms with Crippen molar-refractivity contribution in [1.82, 2.24) is 5.32 Å². The zero-order valence-electron chi connectivity index (χ0n) is 11.5. The van der Waals surface area contributed by atoms with Gasteiger partial charge < -0.3 is 14.8 Å². The van der Waals surface area contributed by atoms with Gasteiger partial charge in [0.05, 0.1) is 18.2 Å². The van der Waals surface area contributed by atoms with E-state index in [1.165, 1.54) is 25.7 Å². The van der Waals surface area contributed by atoms with Crippen molar-refractivity contribution in [2.75, 3.05) is 20.3 Å². The van der Waals surface area contributed by atoms with Crippen molar-refractivity contribution in [1.29, 1.82) is 0 Å². The van der Waals surface area contributed by atoms with E-state index < -0.39 is 0 Å². The third-order valence-electron chi connectivity index (χ3n) is 3.51. The van der Waals surface area contributed by atoms with Gasteiger partial charge in [0.1, 0.15) is 11.5 Å². The average molecular weight is 328 g/mol. The Hall–Kier alpha value is -0.740. The van der Waals surface area contributed by atoms with E-state index in [0.29, 0.717) is 0 Å². The maximum atomic E-state index is 5.76. The normalized spacial score (nSPS) is 15.7. The molecule has 1 fully saturated rings. The molecule has 1 aromatic carbocycles. The van der Waals surface area contributed by atoms with Crippen LogP contribution in [0.5, 0.6) is 11.5 Å². The molecule has 0 saturated heterocycles. The largest absolute Gasteiger partial charge is 0.497 e. The summed E-state index contributed by atoms with van der Waals surface area (Å²) in [5, 5.41) is 3.59. The number of nitrogens with one attached hydrogen (secondary N) is 1. The zero-order valence-corrected chi connectivity index (χ0v) is 13.0. The molecule has 0 aromatic heterocycles. The summed E-state index contributed by atoms with van der Waals surface area (Å²) in [5.74, 6) is 1.71. The van der Waals surface area contributed by atoms with Crippen molar-refractivity contribution in [3.05, 3.63) is 22.7 Å². The fourth-order valence-electron chi connectivity index (χ4n) is 2.42. The fourth-order valence-corrected chi connectivity index (χ4v) is 2.89. The summed E-state index contributed by atoms with van der Waals surface area (Å²) < 4.78 is 11.9. The van der Waals surface area contributed by atoms with Crippen molar-refractivity contribution in [2.45, 2.75) is 38.1 Å². The summed E-state index contributed by atoms with van der Waals surface area (Å²) in [4.78, 5) is 0. The molecule has 1 saturated carbocycles. The molecule has 0 heterocycles. The number of hydrogen-bond donors (Lipinski definition) is 1. The molecule has 1 aliphatic carbocycles. The third kappa shape index (κ3) is 4.69. The van der Waals surface area contributed by atoms with E-state index in [1.807, 2.05) is 18.2 Å². The van der Waals surface area contributed by atoms with E-state index in [-0.39, 0.29) is 0 Å². The highest BCUT2D eigenvalue weighted by atomic mass is 79.9. The van der Waals surface area contributed by atoms with Gasteiger partial charge >= 0.3 is 0 Å². The monoisotopic (exact) mass is 327 g/mol. The molecule has 0 atom stereocenters. The topological polar surface area (TPSA) is 30.5 Å².